The zero-order chi connectivity index (χ0) is 19.0. The Morgan fingerprint density at radius 1 is 1.28 bits per heavy atom. The maximum absolute atomic E-state index is 12.3. The van der Waals surface area contributed by atoms with Crippen molar-refractivity contribution in [3.05, 3.63) is 0 Å². The summed E-state index contributed by atoms with van der Waals surface area (Å²) in [5, 5.41) is 12.8. The monoisotopic (exact) mass is 365 g/mol. The van der Waals surface area contributed by atoms with Crippen LogP contribution < -0.4 is 5.32 Å². The lowest BCUT2D eigenvalue weighted by Gasteiger charge is -2.57. The number of alkyl halides is 3. The van der Waals surface area contributed by atoms with Gasteiger partial charge in [-0.25, -0.2) is 4.79 Å². The smallest absolute Gasteiger partial charge is 0.407 e. The van der Waals surface area contributed by atoms with E-state index in [0.29, 0.717) is 6.42 Å². The van der Waals surface area contributed by atoms with E-state index in [1.165, 1.54) is 0 Å². The van der Waals surface area contributed by atoms with Gasteiger partial charge in [0, 0.05) is 5.92 Å². The van der Waals surface area contributed by atoms with Crippen LogP contribution in [0.3, 0.4) is 0 Å². The van der Waals surface area contributed by atoms with Crippen LogP contribution in [-0.2, 0) is 4.74 Å². The molecule has 2 aliphatic rings. The van der Waals surface area contributed by atoms with Crippen LogP contribution in [-0.4, -0.2) is 35.6 Å². The van der Waals surface area contributed by atoms with E-state index < -0.39 is 30.5 Å². The molecule has 25 heavy (non-hydrogen) atoms. The van der Waals surface area contributed by atoms with Crippen LogP contribution in [0.4, 0.5) is 18.0 Å². The van der Waals surface area contributed by atoms with Crippen LogP contribution in [0.5, 0.6) is 0 Å². The number of fused-ring (bicyclic) bond motifs is 1. The Morgan fingerprint density at radius 2 is 1.92 bits per heavy atom. The average Bonchev–Trinajstić information content (AvgIpc) is 2.42. The molecule has 0 saturated heterocycles. The minimum atomic E-state index is -4.48. The van der Waals surface area contributed by atoms with Crippen LogP contribution in [0.1, 0.15) is 59.8 Å². The predicted molar refractivity (Wildman–Crippen MR) is 88.0 cm³/mol. The van der Waals surface area contributed by atoms with Gasteiger partial charge >= 0.3 is 12.3 Å². The maximum Gasteiger partial charge on any atom is 0.407 e. The second kappa shape index (κ2) is 6.97. The zero-order valence-electron chi connectivity index (χ0n) is 15.4. The lowest BCUT2D eigenvalue weighted by atomic mass is 9.51. The van der Waals surface area contributed by atoms with Gasteiger partial charge in [-0.3, -0.25) is 0 Å². The number of hydrogen-bond donors (Lipinski definition) is 2. The number of alkyl carbamates (subject to hydrolysis) is 1. The summed E-state index contributed by atoms with van der Waals surface area (Å²) in [5.41, 5.74) is -1.16. The van der Waals surface area contributed by atoms with E-state index in [9.17, 15) is 23.1 Å². The minimum absolute atomic E-state index is 0.0271. The zero-order valence-corrected chi connectivity index (χ0v) is 15.4. The van der Waals surface area contributed by atoms with Gasteiger partial charge in [-0.1, -0.05) is 27.2 Å². The van der Waals surface area contributed by atoms with E-state index in [-0.39, 0.29) is 23.2 Å². The molecule has 4 nitrogen and oxygen atoms in total. The van der Waals surface area contributed by atoms with Crippen LogP contribution in [0.15, 0.2) is 0 Å². The SMILES string of the molecule is CC(C)C1CCC2(C)CCCC(C)(O)C2C1OC(=O)NCC(F)(F)F. The molecule has 0 heterocycles. The van der Waals surface area contributed by atoms with Crippen molar-refractivity contribution >= 4 is 6.09 Å². The van der Waals surface area contributed by atoms with E-state index in [2.05, 4.69) is 6.92 Å². The number of aliphatic hydroxyl groups is 1. The molecule has 5 atom stereocenters. The first kappa shape index (κ1) is 20.3. The van der Waals surface area contributed by atoms with E-state index in [1.807, 2.05) is 13.8 Å². The molecule has 0 aromatic rings. The Labute approximate surface area is 147 Å². The Kier molecular flexibility index (Phi) is 5.67. The van der Waals surface area contributed by atoms with E-state index >= 15 is 0 Å². The molecule has 0 aliphatic heterocycles. The van der Waals surface area contributed by atoms with Crippen molar-refractivity contribution in [2.24, 2.45) is 23.2 Å². The third-order valence-electron chi connectivity index (χ3n) is 6.18. The number of carbonyl (C=O) groups excluding carboxylic acids is 1. The molecule has 2 fully saturated rings. The standard InChI is InChI=1S/C18H30F3NO3/c1-11(2)12-6-9-16(3)7-5-8-17(4,24)14(16)13(12)25-15(23)22-10-18(19,20)21/h11-14,24H,5-10H2,1-4H3,(H,22,23). The number of nitrogens with one attached hydrogen (secondary N) is 1. The lowest BCUT2D eigenvalue weighted by Crippen LogP contribution is -2.60. The molecule has 0 spiro atoms. The van der Waals surface area contributed by atoms with Crippen molar-refractivity contribution in [2.45, 2.75) is 77.7 Å². The van der Waals surface area contributed by atoms with Gasteiger partial charge in [0.1, 0.15) is 12.6 Å². The van der Waals surface area contributed by atoms with Crippen molar-refractivity contribution < 1.29 is 27.8 Å². The molecule has 7 heteroatoms. The highest BCUT2D eigenvalue weighted by Gasteiger charge is 2.57. The van der Waals surface area contributed by atoms with E-state index in [0.717, 1.165) is 25.7 Å². The first-order valence-electron chi connectivity index (χ1n) is 9.09. The summed E-state index contributed by atoms with van der Waals surface area (Å²) >= 11 is 0. The Bertz CT molecular complexity index is 492. The number of rotatable bonds is 3. The molecular formula is C18H30F3NO3. The quantitative estimate of drug-likeness (QED) is 0.785. The first-order valence-corrected chi connectivity index (χ1v) is 9.09. The molecule has 0 radical (unpaired) electrons. The van der Waals surface area contributed by atoms with Crippen molar-refractivity contribution in [1.29, 1.82) is 0 Å². The van der Waals surface area contributed by atoms with Gasteiger partial charge in [-0.2, -0.15) is 13.2 Å². The first-order chi connectivity index (χ1) is 11.4. The summed E-state index contributed by atoms with van der Waals surface area (Å²) in [6.45, 7) is 6.50. The lowest BCUT2D eigenvalue weighted by molar-refractivity contribution is -0.185. The Balaban J connectivity index is 2.22. The fraction of sp³-hybridized carbons (Fsp3) is 0.944. The fourth-order valence-electron chi connectivity index (χ4n) is 5.06. The molecule has 2 saturated carbocycles. The third-order valence-corrected chi connectivity index (χ3v) is 6.18. The summed E-state index contributed by atoms with van der Waals surface area (Å²) in [6.07, 6.45) is -1.89. The molecule has 5 unspecified atom stereocenters. The Morgan fingerprint density at radius 3 is 2.48 bits per heavy atom. The molecule has 1 amide bonds. The maximum atomic E-state index is 12.3. The van der Waals surface area contributed by atoms with Crippen LogP contribution >= 0.6 is 0 Å². The predicted octanol–water partition coefficient (Wildman–Crippen LogP) is 4.27. The molecule has 2 aliphatic carbocycles. The number of halogens is 3. The van der Waals surface area contributed by atoms with Crippen molar-refractivity contribution in [3.8, 4) is 0 Å². The topological polar surface area (TPSA) is 58.6 Å². The van der Waals surface area contributed by atoms with E-state index in [4.69, 9.17) is 4.74 Å². The highest BCUT2D eigenvalue weighted by molar-refractivity contribution is 5.67. The van der Waals surface area contributed by atoms with Gasteiger partial charge < -0.3 is 15.2 Å². The van der Waals surface area contributed by atoms with Gasteiger partial charge in [0.05, 0.1) is 5.60 Å². The molecular weight excluding hydrogens is 335 g/mol. The normalized spacial score (nSPS) is 39.0. The van der Waals surface area contributed by atoms with Crippen molar-refractivity contribution in [2.75, 3.05) is 6.54 Å². The minimum Gasteiger partial charge on any atom is -0.446 e. The van der Waals surface area contributed by atoms with E-state index in [1.54, 1.807) is 12.2 Å². The highest BCUT2D eigenvalue weighted by atomic mass is 19.4. The third kappa shape index (κ3) is 4.60. The number of carbonyl (C=O) groups is 1. The number of hydrogen-bond acceptors (Lipinski definition) is 3. The second-order valence-corrected chi connectivity index (χ2v) is 8.63. The molecule has 146 valence electrons. The summed E-state index contributed by atoms with van der Waals surface area (Å²) < 4.78 is 42.5. The second-order valence-electron chi connectivity index (χ2n) is 8.63. The molecule has 2 N–H and O–H groups in total. The molecule has 0 bridgehead atoms. The molecule has 2 rings (SSSR count). The summed E-state index contributed by atoms with van der Waals surface area (Å²) in [6, 6.07) is 0. The van der Waals surface area contributed by atoms with Gasteiger partial charge in [-0.15, -0.1) is 0 Å². The van der Waals surface area contributed by atoms with Gasteiger partial charge in [0.25, 0.3) is 0 Å². The highest BCUT2D eigenvalue weighted by Crippen LogP contribution is 2.57. The Hall–Kier alpha value is -0.980. The summed E-state index contributed by atoms with van der Waals surface area (Å²) in [5.74, 6) is -0.0338. The fourth-order valence-corrected chi connectivity index (χ4v) is 5.06. The van der Waals surface area contributed by atoms with Crippen molar-refractivity contribution in [3.63, 3.8) is 0 Å². The number of amides is 1. The van der Waals surface area contributed by atoms with Crippen LogP contribution in [0.25, 0.3) is 0 Å². The molecule has 0 aromatic carbocycles. The van der Waals surface area contributed by atoms with Gasteiger partial charge in [0.2, 0.25) is 0 Å². The van der Waals surface area contributed by atoms with Crippen LogP contribution in [0, 0.1) is 23.2 Å². The summed E-state index contributed by atoms with van der Waals surface area (Å²) in [7, 11) is 0. The van der Waals surface area contributed by atoms with Gasteiger partial charge in [0.15, 0.2) is 0 Å². The average molecular weight is 365 g/mol. The summed E-state index contributed by atoms with van der Waals surface area (Å²) in [4.78, 5) is 12.0. The van der Waals surface area contributed by atoms with Gasteiger partial charge in [-0.05, 0) is 49.9 Å². The number of ether oxygens (including phenoxy) is 1. The van der Waals surface area contributed by atoms with Crippen molar-refractivity contribution in [1.82, 2.24) is 5.32 Å². The molecule has 0 aromatic heterocycles. The van der Waals surface area contributed by atoms with Crippen LogP contribution in [0.2, 0.25) is 0 Å². The largest absolute Gasteiger partial charge is 0.446 e.